The lowest BCUT2D eigenvalue weighted by molar-refractivity contribution is 0.313. The maximum atomic E-state index is 8.47. The summed E-state index contributed by atoms with van der Waals surface area (Å²) in [6.45, 7) is 0.612. The highest BCUT2D eigenvalue weighted by molar-refractivity contribution is 5.48. The van der Waals surface area contributed by atoms with Gasteiger partial charge in [0.25, 0.3) is 0 Å². The third kappa shape index (κ3) is 4.82. The zero-order valence-corrected chi connectivity index (χ0v) is 11.4. The van der Waals surface area contributed by atoms with Crippen molar-refractivity contribution in [1.29, 1.82) is 5.26 Å². The Morgan fingerprint density at radius 1 is 1.26 bits per heavy atom. The van der Waals surface area contributed by atoms with Crippen LogP contribution in [0.25, 0.3) is 0 Å². The first-order valence-corrected chi connectivity index (χ1v) is 7.25. The second-order valence-corrected chi connectivity index (χ2v) is 5.12. The number of nitrogens with one attached hydrogen (secondary N) is 1. The lowest BCUT2D eigenvalue weighted by Gasteiger charge is -2.24. The van der Waals surface area contributed by atoms with E-state index < -0.39 is 0 Å². The van der Waals surface area contributed by atoms with Crippen LogP contribution in [0.5, 0.6) is 5.75 Å². The SMILES string of the molecule is N#CCCCOc1cccc(NC2CCCCC2)c1. The van der Waals surface area contributed by atoms with Gasteiger partial charge in [0.2, 0.25) is 0 Å². The molecule has 0 radical (unpaired) electrons. The fraction of sp³-hybridized carbons (Fsp3) is 0.562. The molecule has 1 aliphatic rings. The normalized spacial score (nSPS) is 15.7. The summed E-state index contributed by atoms with van der Waals surface area (Å²) in [4.78, 5) is 0. The Bertz CT molecular complexity index is 419. The molecule has 0 spiro atoms. The summed E-state index contributed by atoms with van der Waals surface area (Å²) in [5.74, 6) is 0.888. The standard InChI is InChI=1S/C16H22N2O/c17-11-4-5-12-19-16-10-6-9-15(13-16)18-14-7-2-1-3-8-14/h6,9-10,13-14,18H,1-5,7-8,12H2. The van der Waals surface area contributed by atoms with Gasteiger partial charge in [-0.1, -0.05) is 25.3 Å². The van der Waals surface area contributed by atoms with Crippen LogP contribution >= 0.6 is 0 Å². The monoisotopic (exact) mass is 258 g/mol. The molecule has 0 saturated heterocycles. The second-order valence-electron chi connectivity index (χ2n) is 5.12. The number of rotatable bonds is 6. The summed E-state index contributed by atoms with van der Waals surface area (Å²) in [6.07, 6.45) is 7.93. The van der Waals surface area contributed by atoms with Crippen LogP contribution in [0.3, 0.4) is 0 Å². The largest absolute Gasteiger partial charge is 0.493 e. The molecule has 0 aromatic heterocycles. The van der Waals surface area contributed by atoms with Gasteiger partial charge in [-0.2, -0.15) is 5.26 Å². The lowest BCUT2D eigenvalue weighted by atomic mass is 9.95. The molecule has 102 valence electrons. The predicted octanol–water partition coefficient (Wildman–Crippen LogP) is 4.11. The van der Waals surface area contributed by atoms with E-state index in [1.807, 2.05) is 12.1 Å². The molecule has 1 aromatic rings. The van der Waals surface area contributed by atoms with Gasteiger partial charge >= 0.3 is 0 Å². The summed E-state index contributed by atoms with van der Waals surface area (Å²) in [7, 11) is 0. The molecule has 0 atom stereocenters. The number of benzene rings is 1. The molecule has 0 heterocycles. The molecule has 1 fully saturated rings. The maximum Gasteiger partial charge on any atom is 0.121 e. The molecule has 3 heteroatoms. The average Bonchev–Trinajstić information content (AvgIpc) is 2.45. The van der Waals surface area contributed by atoms with Crippen molar-refractivity contribution in [2.75, 3.05) is 11.9 Å². The van der Waals surface area contributed by atoms with Crippen LogP contribution in [0, 0.1) is 11.3 Å². The highest BCUT2D eigenvalue weighted by atomic mass is 16.5. The fourth-order valence-corrected chi connectivity index (χ4v) is 2.50. The van der Waals surface area contributed by atoms with Crippen LogP contribution in [0.15, 0.2) is 24.3 Å². The number of ether oxygens (including phenoxy) is 1. The minimum absolute atomic E-state index is 0.556. The van der Waals surface area contributed by atoms with E-state index in [1.54, 1.807) is 0 Å². The van der Waals surface area contributed by atoms with E-state index in [0.717, 1.165) is 17.9 Å². The van der Waals surface area contributed by atoms with Gasteiger partial charge in [-0.3, -0.25) is 0 Å². The summed E-state index contributed by atoms with van der Waals surface area (Å²) in [6, 6.07) is 10.9. The fourth-order valence-electron chi connectivity index (χ4n) is 2.50. The summed E-state index contributed by atoms with van der Waals surface area (Å²) in [5, 5.41) is 12.1. The Kier molecular flexibility index (Phi) is 5.55. The zero-order chi connectivity index (χ0) is 13.3. The molecule has 0 amide bonds. The zero-order valence-electron chi connectivity index (χ0n) is 11.4. The van der Waals surface area contributed by atoms with Crippen molar-refractivity contribution >= 4 is 5.69 Å². The molecule has 0 bridgehead atoms. The van der Waals surface area contributed by atoms with Crippen LogP contribution in [-0.4, -0.2) is 12.6 Å². The Morgan fingerprint density at radius 3 is 2.89 bits per heavy atom. The van der Waals surface area contributed by atoms with E-state index in [9.17, 15) is 0 Å². The van der Waals surface area contributed by atoms with Crippen LogP contribution in [0.1, 0.15) is 44.9 Å². The molecule has 3 nitrogen and oxygen atoms in total. The summed E-state index contributed by atoms with van der Waals surface area (Å²) < 4.78 is 5.65. The van der Waals surface area contributed by atoms with Gasteiger partial charge in [-0.05, 0) is 31.4 Å². The molecule has 1 saturated carbocycles. The van der Waals surface area contributed by atoms with Crippen molar-refractivity contribution in [3.8, 4) is 11.8 Å². The van der Waals surface area contributed by atoms with Gasteiger partial charge in [0.15, 0.2) is 0 Å². The van der Waals surface area contributed by atoms with E-state index in [0.29, 0.717) is 19.1 Å². The Balaban J connectivity index is 1.82. The molecule has 0 aliphatic heterocycles. The van der Waals surface area contributed by atoms with E-state index in [2.05, 4.69) is 23.5 Å². The molecular weight excluding hydrogens is 236 g/mol. The van der Waals surface area contributed by atoms with Crippen molar-refractivity contribution in [3.63, 3.8) is 0 Å². The highest BCUT2D eigenvalue weighted by Crippen LogP contribution is 2.24. The van der Waals surface area contributed by atoms with Gasteiger partial charge in [-0.15, -0.1) is 0 Å². The first-order chi connectivity index (χ1) is 9.38. The Labute approximate surface area is 115 Å². The number of anilines is 1. The molecule has 1 aliphatic carbocycles. The third-order valence-electron chi connectivity index (χ3n) is 3.51. The minimum Gasteiger partial charge on any atom is -0.493 e. The molecule has 0 unspecified atom stereocenters. The van der Waals surface area contributed by atoms with Crippen LogP contribution in [0.4, 0.5) is 5.69 Å². The third-order valence-corrected chi connectivity index (χ3v) is 3.51. The van der Waals surface area contributed by atoms with E-state index in [-0.39, 0.29) is 0 Å². The van der Waals surface area contributed by atoms with Crippen molar-refractivity contribution in [2.45, 2.75) is 51.0 Å². The van der Waals surface area contributed by atoms with E-state index in [1.165, 1.54) is 32.1 Å². The van der Waals surface area contributed by atoms with Crippen LogP contribution in [0.2, 0.25) is 0 Å². The maximum absolute atomic E-state index is 8.47. The molecular formula is C16H22N2O. The summed E-state index contributed by atoms with van der Waals surface area (Å²) in [5.41, 5.74) is 1.14. The molecule has 2 rings (SSSR count). The molecule has 19 heavy (non-hydrogen) atoms. The van der Waals surface area contributed by atoms with Crippen molar-refractivity contribution in [3.05, 3.63) is 24.3 Å². The first-order valence-electron chi connectivity index (χ1n) is 7.25. The van der Waals surface area contributed by atoms with E-state index >= 15 is 0 Å². The highest BCUT2D eigenvalue weighted by Gasteiger charge is 2.12. The minimum atomic E-state index is 0.556. The number of hydrogen-bond donors (Lipinski definition) is 1. The Hall–Kier alpha value is -1.69. The van der Waals surface area contributed by atoms with Gasteiger partial charge < -0.3 is 10.1 Å². The van der Waals surface area contributed by atoms with Crippen molar-refractivity contribution in [2.24, 2.45) is 0 Å². The molecule has 1 aromatic carbocycles. The van der Waals surface area contributed by atoms with Crippen molar-refractivity contribution < 1.29 is 4.74 Å². The van der Waals surface area contributed by atoms with Gasteiger partial charge in [0.05, 0.1) is 12.7 Å². The van der Waals surface area contributed by atoms with Crippen LogP contribution < -0.4 is 10.1 Å². The summed E-state index contributed by atoms with van der Waals surface area (Å²) >= 11 is 0. The topological polar surface area (TPSA) is 45.0 Å². The second kappa shape index (κ2) is 7.68. The van der Waals surface area contributed by atoms with Gasteiger partial charge in [0, 0.05) is 24.2 Å². The quantitative estimate of drug-likeness (QED) is 0.781. The van der Waals surface area contributed by atoms with Crippen LogP contribution in [-0.2, 0) is 0 Å². The average molecular weight is 258 g/mol. The number of nitrogens with zero attached hydrogens (tertiary/aromatic N) is 1. The number of unbranched alkanes of at least 4 members (excludes halogenated alkanes) is 1. The smallest absolute Gasteiger partial charge is 0.121 e. The predicted molar refractivity (Wildman–Crippen MR) is 77.3 cm³/mol. The number of nitriles is 1. The van der Waals surface area contributed by atoms with Gasteiger partial charge in [-0.25, -0.2) is 0 Å². The van der Waals surface area contributed by atoms with Gasteiger partial charge in [0.1, 0.15) is 5.75 Å². The van der Waals surface area contributed by atoms with E-state index in [4.69, 9.17) is 10.00 Å². The Morgan fingerprint density at radius 2 is 2.11 bits per heavy atom. The van der Waals surface area contributed by atoms with Crippen molar-refractivity contribution in [1.82, 2.24) is 0 Å². The molecule has 1 N–H and O–H groups in total. The lowest BCUT2D eigenvalue weighted by Crippen LogP contribution is -2.22. The number of hydrogen-bond acceptors (Lipinski definition) is 3. The first kappa shape index (κ1) is 13.7.